The van der Waals surface area contributed by atoms with Crippen molar-refractivity contribution in [2.75, 3.05) is 12.8 Å². The van der Waals surface area contributed by atoms with Crippen molar-refractivity contribution in [3.8, 4) is 17.2 Å². The third kappa shape index (κ3) is 4.30. The largest absolute Gasteiger partial charge is 0.497 e. The molecule has 2 aromatic carbocycles. The highest BCUT2D eigenvalue weighted by atomic mass is 16.5. The third-order valence-electron chi connectivity index (χ3n) is 3.73. The third-order valence-corrected chi connectivity index (χ3v) is 3.73. The minimum absolute atomic E-state index is 0.210. The van der Waals surface area contributed by atoms with Crippen LogP contribution in [0.1, 0.15) is 15.9 Å². The molecular weight excluding hydrogens is 330 g/mol. The maximum atomic E-state index is 12.2. The van der Waals surface area contributed by atoms with Crippen molar-refractivity contribution in [2.45, 2.75) is 6.54 Å². The average molecular weight is 349 g/mol. The second-order valence-electron chi connectivity index (χ2n) is 5.54. The zero-order chi connectivity index (χ0) is 18.4. The number of nitrogens with zero attached hydrogens (tertiary/aromatic N) is 1. The number of amides is 1. The van der Waals surface area contributed by atoms with Gasteiger partial charge < -0.3 is 20.5 Å². The van der Waals surface area contributed by atoms with Gasteiger partial charge in [-0.3, -0.25) is 4.79 Å². The van der Waals surface area contributed by atoms with Crippen LogP contribution in [-0.2, 0) is 6.54 Å². The molecule has 0 spiro atoms. The molecule has 3 rings (SSSR count). The van der Waals surface area contributed by atoms with Crippen LogP contribution < -0.4 is 20.5 Å². The van der Waals surface area contributed by atoms with Crippen LogP contribution in [-0.4, -0.2) is 18.0 Å². The monoisotopic (exact) mass is 349 g/mol. The number of benzene rings is 2. The number of carbonyl (C=O) groups excluding carboxylic acids is 1. The molecule has 6 heteroatoms. The highest BCUT2D eigenvalue weighted by molar-refractivity contribution is 5.98. The van der Waals surface area contributed by atoms with Crippen molar-refractivity contribution in [1.29, 1.82) is 0 Å². The van der Waals surface area contributed by atoms with Crippen molar-refractivity contribution in [3.05, 3.63) is 78.0 Å². The Labute approximate surface area is 151 Å². The molecule has 1 heterocycles. The van der Waals surface area contributed by atoms with Gasteiger partial charge in [0.25, 0.3) is 5.91 Å². The number of anilines is 1. The molecule has 0 atom stereocenters. The van der Waals surface area contributed by atoms with Gasteiger partial charge in [-0.2, -0.15) is 0 Å². The standard InChI is InChI=1S/C20H19N3O3/c1-25-15-7-9-16(10-8-15)26-17-5-2-4-14(12-17)13-23-20(24)18-6-3-11-22-19(18)21/h2-12H,13H2,1H3,(H2,21,22)(H,23,24). The zero-order valence-electron chi connectivity index (χ0n) is 14.3. The number of hydrogen-bond donors (Lipinski definition) is 2. The zero-order valence-corrected chi connectivity index (χ0v) is 14.3. The van der Waals surface area contributed by atoms with Crippen molar-refractivity contribution >= 4 is 11.7 Å². The molecule has 0 saturated carbocycles. The normalized spacial score (nSPS) is 10.2. The average Bonchev–Trinajstić information content (AvgIpc) is 2.67. The fourth-order valence-electron chi connectivity index (χ4n) is 2.39. The van der Waals surface area contributed by atoms with Gasteiger partial charge in [0, 0.05) is 12.7 Å². The van der Waals surface area contributed by atoms with Crippen LogP contribution in [0, 0.1) is 0 Å². The number of ether oxygens (including phenoxy) is 2. The van der Waals surface area contributed by atoms with E-state index in [1.54, 1.807) is 25.4 Å². The van der Waals surface area contributed by atoms with E-state index in [-0.39, 0.29) is 11.7 Å². The van der Waals surface area contributed by atoms with Crippen LogP contribution in [0.15, 0.2) is 66.9 Å². The summed E-state index contributed by atoms with van der Waals surface area (Å²) in [6, 6.07) is 18.2. The van der Waals surface area contributed by atoms with Gasteiger partial charge in [0.15, 0.2) is 0 Å². The van der Waals surface area contributed by atoms with Gasteiger partial charge in [0.2, 0.25) is 0 Å². The summed E-state index contributed by atoms with van der Waals surface area (Å²) in [5.74, 6) is 2.10. The molecule has 0 saturated heterocycles. The van der Waals surface area contributed by atoms with Gasteiger partial charge >= 0.3 is 0 Å². The number of aromatic nitrogens is 1. The van der Waals surface area contributed by atoms with Crippen LogP contribution >= 0.6 is 0 Å². The van der Waals surface area contributed by atoms with Crippen LogP contribution in [0.2, 0.25) is 0 Å². The molecule has 0 aliphatic carbocycles. The van der Waals surface area contributed by atoms with E-state index in [9.17, 15) is 4.79 Å². The van der Waals surface area contributed by atoms with Gasteiger partial charge in [-0.05, 0) is 54.1 Å². The predicted octanol–water partition coefficient (Wildman–Crippen LogP) is 3.39. The predicted molar refractivity (Wildman–Crippen MR) is 99.3 cm³/mol. The first kappa shape index (κ1) is 17.3. The minimum atomic E-state index is -0.267. The SMILES string of the molecule is COc1ccc(Oc2cccc(CNC(=O)c3cccnc3N)c2)cc1. The summed E-state index contributed by atoms with van der Waals surface area (Å²) in [6.07, 6.45) is 1.55. The Morgan fingerprint density at radius 1 is 1.04 bits per heavy atom. The smallest absolute Gasteiger partial charge is 0.255 e. The van der Waals surface area contributed by atoms with Gasteiger partial charge in [0.05, 0.1) is 12.7 Å². The Hall–Kier alpha value is -3.54. The minimum Gasteiger partial charge on any atom is -0.497 e. The molecule has 0 aliphatic heterocycles. The van der Waals surface area contributed by atoms with Crippen LogP contribution in [0.5, 0.6) is 17.2 Å². The number of pyridine rings is 1. The van der Waals surface area contributed by atoms with Crippen LogP contribution in [0.3, 0.4) is 0 Å². The number of methoxy groups -OCH3 is 1. The molecule has 0 radical (unpaired) electrons. The van der Waals surface area contributed by atoms with Crippen LogP contribution in [0.25, 0.3) is 0 Å². The highest BCUT2D eigenvalue weighted by Crippen LogP contribution is 2.24. The van der Waals surface area contributed by atoms with E-state index in [2.05, 4.69) is 10.3 Å². The maximum absolute atomic E-state index is 12.2. The lowest BCUT2D eigenvalue weighted by molar-refractivity contribution is 0.0951. The van der Waals surface area contributed by atoms with Crippen molar-refractivity contribution in [1.82, 2.24) is 10.3 Å². The van der Waals surface area contributed by atoms with Crippen molar-refractivity contribution in [3.63, 3.8) is 0 Å². The number of rotatable bonds is 6. The lowest BCUT2D eigenvalue weighted by atomic mass is 10.2. The van der Waals surface area contributed by atoms with Gasteiger partial charge in [-0.25, -0.2) is 4.98 Å². The molecule has 0 fully saturated rings. The van der Waals surface area contributed by atoms with Gasteiger partial charge in [-0.15, -0.1) is 0 Å². The first-order chi connectivity index (χ1) is 12.7. The maximum Gasteiger partial charge on any atom is 0.255 e. The fraction of sp³-hybridized carbons (Fsp3) is 0.100. The first-order valence-electron chi connectivity index (χ1n) is 8.05. The molecule has 26 heavy (non-hydrogen) atoms. The number of nitrogens with one attached hydrogen (secondary N) is 1. The van der Waals surface area contributed by atoms with E-state index in [1.165, 1.54) is 0 Å². The van der Waals surface area contributed by atoms with Gasteiger partial charge in [-0.1, -0.05) is 12.1 Å². The lowest BCUT2D eigenvalue weighted by Crippen LogP contribution is -2.24. The molecule has 1 aromatic heterocycles. The number of carbonyl (C=O) groups is 1. The quantitative estimate of drug-likeness (QED) is 0.712. The van der Waals surface area contributed by atoms with Gasteiger partial charge in [0.1, 0.15) is 23.1 Å². The summed E-state index contributed by atoms with van der Waals surface area (Å²) in [5.41, 5.74) is 6.99. The molecular formula is C20H19N3O3. The number of nitrogens with two attached hydrogens (primary N) is 1. The number of hydrogen-bond acceptors (Lipinski definition) is 5. The Morgan fingerprint density at radius 2 is 1.81 bits per heavy atom. The van der Waals surface area contributed by atoms with Crippen LogP contribution in [0.4, 0.5) is 5.82 Å². The number of nitrogen functional groups attached to an aromatic ring is 1. The van der Waals surface area contributed by atoms with E-state index >= 15 is 0 Å². The van der Waals surface area contributed by atoms with E-state index in [0.717, 1.165) is 11.3 Å². The fourth-order valence-corrected chi connectivity index (χ4v) is 2.39. The van der Waals surface area contributed by atoms with E-state index in [4.69, 9.17) is 15.2 Å². The van der Waals surface area contributed by atoms with Crippen molar-refractivity contribution in [2.24, 2.45) is 0 Å². The Bertz CT molecular complexity index is 895. The highest BCUT2D eigenvalue weighted by Gasteiger charge is 2.09. The molecule has 0 bridgehead atoms. The molecule has 0 unspecified atom stereocenters. The van der Waals surface area contributed by atoms with E-state index < -0.39 is 0 Å². The molecule has 3 N–H and O–H groups in total. The topological polar surface area (TPSA) is 86.5 Å². The Kier molecular flexibility index (Phi) is 5.34. The second kappa shape index (κ2) is 8.02. The molecule has 0 aliphatic rings. The summed E-state index contributed by atoms with van der Waals surface area (Å²) in [7, 11) is 1.62. The molecule has 3 aromatic rings. The second-order valence-corrected chi connectivity index (χ2v) is 5.54. The molecule has 6 nitrogen and oxygen atoms in total. The lowest BCUT2D eigenvalue weighted by Gasteiger charge is -2.10. The summed E-state index contributed by atoms with van der Waals surface area (Å²) in [6.45, 7) is 0.354. The van der Waals surface area contributed by atoms with E-state index in [0.29, 0.717) is 23.6 Å². The molecule has 132 valence electrons. The Balaban J connectivity index is 1.63. The summed E-state index contributed by atoms with van der Waals surface area (Å²) < 4.78 is 11.0. The summed E-state index contributed by atoms with van der Waals surface area (Å²) in [4.78, 5) is 16.1. The summed E-state index contributed by atoms with van der Waals surface area (Å²) >= 11 is 0. The first-order valence-corrected chi connectivity index (χ1v) is 8.05. The van der Waals surface area contributed by atoms with Crippen molar-refractivity contribution < 1.29 is 14.3 Å². The summed E-state index contributed by atoms with van der Waals surface area (Å²) in [5, 5.41) is 2.83. The van der Waals surface area contributed by atoms with E-state index in [1.807, 2.05) is 48.5 Å². The molecule has 1 amide bonds. The Morgan fingerprint density at radius 3 is 2.54 bits per heavy atom.